The molecule has 4 nitrogen and oxygen atoms in total. The van der Waals surface area contributed by atoms with Crippen molar-refractivity contribution in [3.05, 3.63) is 33.4 Å². The highest BCUT2D eigenvalue weighted by Crippen LogP contribution is 2.20. The lowest BCUT2D eigenvalue weighted by atomic mass is 10.1. The lowest BCUT2D eigenvalue weighted by Crippen LogP contribution is -2.53. The van der Waals surface area contributed by atoms with Gasteiger partial charge in [-0.05, 0) is 31.5 Å². The largest absolute Gasteiger partial charge is 0.309 e. The second kappa shape index (κ2) is 6.48. The summed E-state index contributed by atoms with van der Waals surface area (Å²) in [7, 11) is 1.83. The molecule has 0 bridgehead atoms. The number of hydrogen-bond donors (Lipinski definition) is 1. The summed E-state index contributed by atoms with van der Waals surface area (Å²) < 4.78 is 2.81. The molecule has 2 aromatic rings. The van der Waals surface area contributed by atoms with Crippen LogP contribution in [0.1, 0.15) is 19.4 Å². The van der Waals surface area contributed by atoms with Gasteiger partial charge in [0.1, 0.15) is 0 Å². The molecule has 0 radical (unpaired) electrons. The van der Waals surface area contributed by atoms with Gasteiger partial charge in [0.15, 0.2) is 0 Å². The Balaban J connectivity index is 0.00000161. The first-order valence-electron chi connectivity index (χ1n) is 7.10. The number of benzene rings is 1. The Bertz CT molecular complexity index is 671. The highest BCUT2D eigenvalue weighted by atomic mass is 35.5. The van der Waals surface area contributed by atoms with Crippen molar-refractivity contribution in [1.82, 2.24) is 14.8 Å². The molecule has 1 aliphatic rings. The first kappa shape index (κ1) is 16.5. The third kappa shape index (κ3) is 3.48. The van der Waals surface area contributed by atoms with Crippen LogP contribution in [0.4, 0.5) is 0 Å². The number of nitrogens with zero attached hydrogens (tertiary/aromatic N) is 2. The van der Waals surface area contributed by atoms with Crippen LogP contribution in [0.15, 0.2) is 23.0 Å². The molecule has 0 saturated carbocycles. The zero-order valence-electron chi connectivity index (χ0n) is 12.6. The number of rotatable bonds is 2. The molecule has 1 N–H and O–H groups in total. The summed E-state index contributed by atoms with van der Waals surface area (Å²) in [5, 5.41) is 3.55. The fraction of sp³-hybridized carbons (Fsp3) is 0.533. The normalized spacial score (nSPS) is 23.2. The Hall–Kier alpha value is -0.880. The minimum absolute atomic E-state index is 0. The standard InChI is InChI=1S/C15H21N3OS.ClH/c1-10-7-18(8-11(2)16-10)9-12-4-5-13-14(6-12)20-15(19)17(13)3;/h4-6,10-11,16H,7-9H2,1-3H3;1H. The Labute approximate surface area is 135 Å². The maximum atomic E-state index is 11.7. The lowest BCUT2D eigenvalue weighted by Gasteiger charge is -2.36. The summed E-state index contributed by atoms with van der Waals surface area (Å²) in [4.78, 5) is 14.3. The van der Waals surface area contributed by atoms with Crippen LogP contribution in [0.5, 0.6) is 0 Å². The maximum Gasteiger partial charge on any atom is 0.307 e. The number of piperazine rings is 1. The van der Waals surface area contributed by atoms with Crippen LogP contribution in [0.2, 0.25) is 0 Å². The van der Waals surface area contributed by atoms with E-state index >= 15 is 0 Å². The van der Waals surface area contributed by atoms with Crippen molar-refractivity contribution in [3.8, 4) is 0 Å². The minimum atomic E-state index is 0. The third-order valence-corrected chi connectivity index (χ3v) is 4.89. The first-order valence-corrected chi connectivity index (χ1v) is 7.91. The van der Waals surface area contributed by atoms with Gasteiger partial charge in [-0.2, -0.15) is 0 Å². The first-order chi connectivity index (χ1) is 9.52. The molecule has 2 heterocycles. The summed E-state index contributed by atoms with van der Waals surface area (Å²) in [6.07, 6.45) is 0. The number of aryl methyl sites for hydroxylation is 1. The van der Waals surface area contributed by atoms with Crippen molar-refractivity contribution in [1.29, 1.82) is 0 Å². The van der Waals surface area contributed by atoms with E-state index < -0.39 is 0 Å². The van der Waals surface area contributed by atoms with E-state index in [1.165, 1.54) is 16.9 Å². The van der Waals surface area contributed by atoms with Gasteiger partial charge < -0.3 is 9.88 Å². The van der Waals surface area contributed by atoms with Crippen LogP contribution in [-0.4, -0.2) is 34.6 Å². The monoisotopic (exact) mass is 327 g/mol. The van der Waals surface area contributed by atoms with E-state index in [2.05, 4.69) is 42.3 Å². The molecule has 1 saturated heterocycles. The Morgan fingerprint density at radius 2 is 1.95 bits per heavy atom. The molecule has 2 unspecified atom stereocenters. The van der Waals surface area contributed by atoms with E-state index in [4.69, 9.17) is 0 Å². The number of nitrogens with one attached hydrogen (secondary N) is 1. The molecule has 1 aliphatic heterocycles. The minimum Gasteiger partial charge on any atom is -0.309 e. The third-order valence-electron chi connectivity index (χ3n) is 3.90. The lowest BCUT2D eigenvalue weighted by molar-refractivity contribution is 0.166. The highest BCUT2D eigenvalue weighted by molar-refractivity contribution is 7.16. The number of hydrogen-bond acceptors (Lipinski definition) is 4. The van der Waals surface area contributed by atoms with Gasteiger partial charge in [-0.1, -0.05) is 17.4 Å². The average molecular weight is 328 g/mol. The smallest absolute Gasteiger partial charge is 0.307 e. The zero-order chi connectivity index (χ0) is 14.3. The van der Waals surface area contributed by atoms with Crippen LogP contribution >= 0.6 is 23.7 Å². The number of aromatic nitrogens is 1. The molecule has 2 atom stereocenters. The fourth-order valence-electron chi connectivity index (χ4n) is 3.10. The predicted octanol–water partition coefficient (Wildman–Crippen LogP) is 2.20. The van der Waals surface area contributed by atoms with E-state index in [9.17, 15) is 4.79 Å². The Morgan fingerprint density at radius 1 is 1.29 bits per heavy atom. The van der Waals surface area contributed by atoms with E-state index in [1.807, 2.05) is 7.05 Å². The second-order valence-corrected chi connectivity index (χ2v) is 6.89. The van der Waals surface area contributed by atoms with Gasteiger partial charge in [0.2, 0.25) is 0 Å². The molecule has 0 aliphatic carbocycles. The zero-order valence-corrected chi connectivity index (χ0v) is 14.3. The fourth-order valence-corrected chi connectivity index (χ4v) is 4.05. The van der Waals surface area contributed by atoms with Crippen molar-refractivity contribution < 1.29 is 0 Å². The molecular formula is C15H22ClN3OS. The number of fused-ring (bicyclic) bond motifs is 1. The summed E-state index contributed by atoms with van der Waals surface area (Å²) in [6, 6.07) is 7.45. The molecule has 0 amide bonds. The van der Waals surface area contributed by atoms with Crippen LogP contribution in [0.25, 0.3) is 10.2 Å². The van der Waals surface area contributed by atoms with Crippen LogP contribution < -0.4 is 10.2 Å². The molecule has 0 spiro atoms. The van der Waals surface area contributed by atoms with Gasteiger partial charge in [0.05, 0.1) is 10.2 Å². The Kier molecular flexibility index (Phi) is 5.09. The second-order valence-electron chi connectivity index (χ2n) is 5.89. The van der Waals surface area contributed by atoms with Crippen molar-refractivity contribution >= 4 is 34.0 Å². The van der Waals surface area contributed by atoms with Crippen LogP contribution in [0, 0.1) is 0 Å². The average Bonchev–Trinajstić information content (AvgIpc) is 2.63. The van der Waals surface area contributed by atoms with Gasteiger partial charge in [-0.15, -0.1) is 12.4 Å². The van der Waals surface area contributed by atoms with Crippen molar-refractivity contribution in [2.24, 2.45) is 7.05 Å². The predicted molar refractivity (Wildman–Crippen MR) is 91.7 cm³/mol. The molecule has 1 aromatic heterocycles. The quantitative estimate of drug-likeness (QED) is 0.919. The van der Waals surface area contributed by atoms with Gasteiger partial charge in [0, 0.05) is 38.8 Å². The van der Waals surface area contributed by atoms with Gasteiger partial charge in [-0.3, -0.25) is 9.69 Å². The van der Waals surface area contributed by atoms with E-state index in [1.54, 1.807) is 4.57 Å². The van der Waals surface area contributed by atoms with Gasteiger partial charge in [-0.25, -0.2) is 0 Å². The topological polar surface area (TPSA) is 37.3 Å². The molecule has 116 valence electrons. The van der Waals surface area contributed by atoms with Gasteiger partial charge >= 0.3 is 4.87 Å². The van der Waals surface area contributed by atoms with Crippen molar-refractivity contribution in [3.63, 3.8) is 0 Å². The highest BCUT2D eigenvalue weighted by Gasteiger charge is 2.20. The maximum absolute atomic E-state index is 11.7. The SMILES string of the molecule is CC1CN(Cc2ccc3c(c2)sc(=O)n3C)CC(C)N1.Cl. The Morgan fingerprint density at radius 3 is 2.62 bits per heavy atom. The molecule has 1 fully saturated rings. The molecular weight excluding hydrogens is 306 g/mol. The number of halogens is 1. The van der Waals surface area contributed by atoms with Crippen molar-refractivity contribution in [2.75, 3.05) is 13.1 Å². The number of thiazole rings is 1. The van der Waals surface area contributed by atoms with E-state index in [-0.39, 0.29) is 17.3 Å². The molecule has 3 rings (SSSR count). The van der Waals surface area contributed by atoms with Crippen LogP contribution in [0.3, 0.4) is 0 Å². The summed E-state index contributed by atoms with van der Waals surface area (Å²) >= 11 is 1.33. The van der Waals surface area contributed by atoms with Crippen LogP contribution in [-0.2, 0) is 13.6 Å². The molecule has 6 heteroatoms. The van der Waals surface area contributed by atoms with E-state index in [0.29, 0.717) is 12.1 Å². The van der Waals surface area contributed by atoms with Crippen molar-refractivity contribution in [2.45, 2.75) is 32.5 Å². The van der Waals surface area contributed by atoms with E-state index in [0.717, 1.165) is 29.9 Å². The van der Waals surface area contributed by atoms with Gasteiger partial charge in [0.25, 0.3) is 0 Å². The molecule has 1 aromatic carbocycles. The summed E-state index contributed by atoms with van der Waals surface area (Å²) in [5.74, 6) is 0. The summed E-state index contributed by atoms with van der Waals surface area (Å²) in [6.45, 7) is 7.58. The molecule has 21 heavy (non-hydrogen) atoms. The summed E-state index contributed by atoms with van der Waals surface area (Å²) in [5.41, 5.74) is 2.33.